The topological polar surface area (TPSA) is 34.6 Å². The number of hydrogen-bond acceptors (Lipinski definition) is 2. The van der Waals surface area contributed by atoms with Crippen LogP contribution in [-0.2, 0) is 13.1 Å². The van der Waals surface area contributed by atoms with Gasteiger partial charge >= 0.3 is 0 Å². The fourth-order valence-corrected chi connectivity index (χ4v) is 6.44. The first kappa shape index (κ1) is 29.6. The first-order valence-corrected chi connectivity index (χ1v) is 16.2. The summed E-state index contributed by atoms with van der Waals surface area (Å²) in [4.78, 5) is 10.3. The Morgan fingerprint density at radius 2 is 0.870 bits per heavy atom. The van der Waals surface area contributed by atoms with Gasteiger partial charge in [0, 0.05) is 34.6 Å². The van der Waals surface area contributed by atoms with Crippen molar-refractivity contribution in [2.24, 2.45) is 9.98 Å². The van der Waals surface area contributed by atoms with E-state index in [1.807, 2.05) is 72.8 Å². The highest BCUT2D eigenvalue weighted by molar-refractivity contribution is 6.03. The van der Waals surface area contributed by atoms with Gasteiger partial charge < -0.3 is 9.13 Å². The predicted molar refractivity (Wildman–Crippen MR) is 186 cm³/mol. The summed E-state index contributed by atoms with van der Waals surface area (Å²) in [5, 5.41) is 4.86. The number of hydrogen-bond donors (Lipinski definition) is 0. The number of benzene rings is 5. The van der Waals surface area contributed by atoms with Gasteiger partial charge in [0.1, 0.15) is 11.6 Å². The molecule has 2 aromatic heterocycles. The minimum atomic E-state index is -0.297. The van der Waals surface area contributed by atoms with E-state index in [4.69, 9.17) is 9.98 Å². The third kappa shape index (κ3) is 5.49. The number of halogens is 2. The smallest absolute Gasteiger partial charge is 0.124 e. The van der Waals surface area contributed by atoms with E-state index in [1.165, 1.54) is 12.1 Å². The summed E-state index contributed by atoms with van der Waals surface area (Å²) in [5.41, 5.74) is 5.41. The summed E-state index contributed by atoms with van der Waals surface area (Å²) in [7, 11) is 0. The molecule has 7 rings (SSSR count). The first-order valence-electron chi connectivity index (χ1n) is 16.2. The molecular formula is C40H36F2N4. The van der Waals surface area contributed by atoms with Crippen LogP contribution in [0, 0.1) is 11.6 Å². The van der Waals surface area contributed by atoms with Gasteiger partial charge in [0.2, 0.25) is 0 Å². The van der Waals surface area contributed by atoms with Crippen molar-refractivity contribution >= 4 is 55.0 Å². The minimum Gasteiger partial charge on any atom is -0.340 e. The molecule has 7 aromatic rings. The summed E-state index contributed by atoms with van der Waals surface area (Å²) in [6.45, 7) is 5.87. The van der Waals surface area contributed by atoms with E-state index < -0.39 is 0 Å². The Morgan fingerprint density at radius 3 is 1.26 bits per heavy atom. The molecule has 0 aliphatic heterocycles. The Labute approximate surface area is 266 Å². The van der Waals surface area contributed by atoms with Crippen molar-refractivity contribution < 1.29 is 8.78 Å². The van der Waals surface area contributed by atoms with Gasteiger partial charge in [-0.15, -0.1) is 0 Å². The Balaban J connectivity index is 1.75. The van der Waals surface area contributed by atoms with Crippen LogP contribution in [0.3, 0.4) is 0 Å². The standard InChI is InChI=1S/C40H36F2N4/c1-3-5-21-45-35-19-17-27(41)23-31(35)39(43-29-13-9-7-10-14-29)33-26-38-34(25-37(33)45)40(44-30-15-11-8-12-16-30)32-24-28(42)18-20-36(32)46(38)22-6-4-2/h7-20,23-26H,3-6,21-22H2,1-2H3. The third-order valence-corrected chi connectivity index (χ3v) is 8.68. The zero-order valence-electron chi connectivity index (χ0n) is 26.2. The zero-order valence-corrected chi connectivity index (χ0v) is 26.2. The van der Waals surface area contributed by atoms with Gasteiger partial charge in [-0.25, -0.2) is 18.8 Å². The predicted octanol–water partition coefficient (Wildman–Crippen LogP) is 10.2. The molecule has 0 atom stereocenters. The van der Waals surface area contributed by atoms with Crippen molar-refractivity contribution in [3.63, 3.8) is 0 Å². The van der Waals surface area contributed by atoms with Crippen LogP contribution in [0.25, 0.3) is 43.6 Å². The molecule has 0 unspecified atom stereocenters. The molecule has 230 valence electrons. The highest BCUT2D eigenvalue weighted by Crippen LogP contribution is 2.29. The van der Waals surface area contributed by atoms with Crippen LogP contribution >= 0.6 is 0 Å². The van der Waals surface area contributed by atoms with Gasteiger partial charge in [0.25, 0.3) is 0 Å². The Morgan fingerprint density at radius 1 is 0.478 bits per heavy atom. The van der Waals surface area contributed by atoms with Crippen LogP contribution < -0.4 is 10.7 Å². The third-order valence-electron chi connectivity index (χ3n) is 8.68. The molecule has 0 saturated carbocycles. The van der Waals surface area contributed by atoms with Crippen molar-refractivity contribution in [1.82, 2.24) is 9.13 Å². The van der Waals surface area contributed by atoms with Crippen molar-refractivity contribution in [1.29, 1.82) is 0 Å². The van der Waals surface area contributed by atoms with Crippen LogP contribution in [0.2, 0.25) is 0 Å². The van der Waals surface area contributed by atoms with E-state index in [-0.39, 0.29) is 11.6 Å². The molecule has 6 heteroatoms. The van der Waals surface area contributed by atoms with E-state index >= 15 is 0 Å². The summed E-state index contributed by atoms with van der Waals surface area (Å²) < 4.78 is 34.5. The summed E-state index contributed by atoms with van der Waals surface area (Å²) in [6.07, 6.45) is 3.94. The molecule has 0 spiro atoms. The molecule has 0 amide bonds. The molecule has 4 nitrogen and oxygen atoms in total. The fourth-order valence-electron chi connectivity index (χ4n) is 6.44. The van der Waals surface area contributed by atoms with Crippen molar-refractivity contribution in [2.75, 3.05) is 0 Å². The molecule has 46 heavy (non-hydrogen) atoms. The second kappa shape index (κ2) is 12.7. The number of fused-ring (bicyclic) bond motifs is 4. The average molecular weight is 611 g/mol. The number of rotatable bonds is 8. The molecule has 0 N–H and O–H groups in total. The Kier molecular flexibility index (Phi) is 8.18. The lowest BCUT2D eigenvalue weighted by molar-refractivity contribution is 0.627. The molecular weight excluding hydrogens is 574 g/mol. The first-order chi connectivity index (χ1) is 22.6. The Bertz CT molecular complexity index is 2190. The molecule has 0 aliphatic carbocycles. The van der Waals surface area contributed by atoms with E-state index in [0.717, 1.165) is 104 Å². The second-order valence-electron chi connectivity index (χ2n) is 11.8. The lowest BCUT2D eigenvalue weighted by Crippen LogP contribution is -2.17. The van der Waals surface area contributed by atoms with Gasteiger partial charge in [-0.1, -0.05) is 63.1 Å². The molecule has 5 aromatic carbocycles. The van der Waals surface area contributed by atoms with Crippen molar-refractivity contribution in [2.45, 2.75) is 52.6 Å². The lowest BCUT2D eigenvalue weighted by Gasteiger charge is -2.20. The maximum atomic E-state index is 15.0. The van der Waals surface area contributed by atoms with Gasteiger partial charge in [-0.3, -0.25) is 0 Å². The molecule has 0 bridgehead atoms. The van der Waals surface area contributed by atoms with Gasteiger partial charge in [-0.2, -0.15) is 0 Å². The summed E-state index contributed by atoms with van der Waals surface area (Å²) in [6, 6.07) is 34.0. The van der Waals surface area contributed by atoms with Gasteiger partial charge in [-0.05, 0) is 85.6 Å². The normalized spacial score (nSPS) is 12.7. The molecule has 0 saturated heterocycles. The fraction of sp³-hybridized carbons (Fsp3) is 0.200. The van der Waals surface area contributed by atoms with Crippen LogP contribution in [0.4, 0.5) is 20.2 Å². The number of pyridine rings is 2. The maximum Gasteiger partial charge on any atom is 0.124 e. The van der Waals surface area contributed by atoms with Crippen LogP contribution in [0.15, 0.2) is 119 Å². The number of unbranched alkanes of at least 4 members (excludes halogenated alkanes) is 2. The maximum absolute atomic E-state index is 15.0. The van der Waals surface area contributed by atoms with Crippen molar-refractivity contribution in [3.05, 3.63) is 132 Å². The van der Waals surface area contributed by atoms with Gasteiger partial charge in [0.15, 0.2) is 0 Å². The SMILES string of the molecule is CCCCn1c2ccc(F)cc2c(=Nc2ccccc2)c2cc3c(cc21)c(=Nc1ccccc1)c1cc(F)ccc1n3CCCC. The monoisotopic (exact) mass is 610 g/mol. The van der Waals surface area contributed by atoms with E-state index in [0.29, 0.717) is 0 Å². The van der Waals surface area contributed by atoms with Crippen LogP contribution in [0.1, 0.15) is 39.5 Å². The van der Waals surface area contributed by atoms with E-state index in [9.17, 15) is 8.78 Å². The lowest BCUT2D eigenvalue weighted by atomic mass is 10.0. The quantitative estimate of drug-likeness (QED) is 0.154. The summed E-state index contributed by atoms with van der Waals surface area (Å²) in [5.74, 6) is -0.594. The van der Waals surface area contributed by atoms with Gasteiger partial charge in [0.05, 0.1) is 44.2 Å². The molecule has 0 fully saturated rings. The zero-order chi connectivity index (χ0) is 31.6. The van der Waals surface area contributed by atoms with Crippen molar-refractivity contribution in [3.8, 4) is 0 Å². The molecule has 0 radical (unpaired) electrons. The highest BCUT2D eigenvalue weighted by Gasteiger charge is 2.17. The number of aryl methyl sites for hydroxylation is 2. The van der Waals surface area contributed by atoms with E-state index in [1.54, 1.807) is 12.1 Å². The second-order valence-corrected chi connectivity index (χ2v) is 11.8. The molecule has 0 aliphatic rings. The largest absolute Gasteiger partial charge is 0.340 e. The minimum absolute atomic E-state index is 0.297. The Hall–Kier alpha value is -5.10. The van der Waals surface area contributed by atoms with Crippen LogP contribution in [-0.4, -0.2) is 9.13 Å². The highest BCUT2D eigenvalue weighted by atomic mass is 19.1. The van der Waals surface area contributed by atoms with E-state index in [2.05, 4.69) is 35.1 Å². The number of aromatic nitrogens is 2. The number of para-hydroxylation sites is 2. The average Bonchev–Trinajstić information content (AvgIpc) is 3.08. The summed E-state index contributed by atoms with van der Waals surface area (Å²) >= 11 is 0. The molecule has 2 heterocycles. The van der Waals surface area contributed by atoms with Crippen LogP contribution in [0.5, 0.6) is 0 Å². The number of nitrogens with zero attached hydrogens (tertiary/aromatic N) is 4.